The van der Waals surface area contributed by atoms with Crippen LogP contribution in [0.2, 0.25) is 5.02 Å². The van der Waals surface area contributed by atoms with E-state index in [1.54, 1.807) is 0 Å². The Morgan fingerprint density at radius 1 is 1.20 bits per heavy atom. The largest absolute Gasteiger partial charge is 0.373 e. The van der Waals surface area contributed by atoms with Crippen molar-refractivity contribution in [2.75, 3.05) is 38.5 Å². The summed E-state index contributed by atoms with van der Waals surface area (Å²) in [5.74, 6) is 1.14. The first-order valence-electron chi connectivity index (χ1n) is 9.61. The maximum absolute atomic E-state index is 6.24. The van der Waals surface area contributed by atoms with Gasteiger partial charge < -0.3 is 4.74 Å². The van der Waals surface area contributed by atoms with Gasteiger partial charge in [0.2, 0.25) is 0 Å². The molecule has 0 unspecified atom stereocenters. The van der Waals surface area contributed by atoms with Crippen LogP contribution < -0.4 is 0 Å². The van der Waals surface area contributed by atoms with E-state index in [1.807, 2.05) is 23.9 Å². The Kier molecular flexibility index (Phi) is 7.50. The maximum atomic E-state index is 6.24. The van der Waals surface area contributed by atoms with Crippen molar-refractivity contribution in [2.24, 2.45) is 0 Å². The number of rotatable bonds is 7. The molecule has 140 valence electrons. The average molecular weight is 383 g/mol. The fraction of sp³-hybridized carbons (Fsp3) is 0.700. The lowest BCUT2D eigenvalue weighted by Crippen LogP contribution is -2.50. The topological polar surface area (TPSA) is 15.7 Å². The SMILES string of the molecule is C[C@@H]1CN(C[C@H]2CCCN2CCCSc2ccccc2Cl)C[C@@H](C)O1. The van der Waals surface area contributed by atoms with Gasteiger partial charge in [0.25, 0.3) is 0 Å². The lowest BCUT2D eigenvalue weighted by atomic mass is 10.1. The zero-order chi connectivity index (χ0) is 17.6. The number of benzene rings is 1. The predicted molar refractivity (Wildman–Crippen MR) is 108 cm³/mol. The van der Waals surface area contributed by atoms with E-state index in [0.717, 1.165) is 29.9 Å². The van der Waals surface area contributed by atoms with Gasteiger partial charge in [0, 0.05) is 30.6 Å². The van der Waals surface area contributed by atoms with Gasteiger partial charge in [-0.2, -0.15) is 0 Å². The zero-order valence-electron chi connectivity index (χ0n) is 15.5. The number of halogens is 1. The molecule has 5 heteroatoms. The fourth-order valence-electron chi connectivity index (χ4n) is 4.14. The highest BCUT2D eigenvalue weighted by Crippen LogP contribution is 2.27. The molecular formula is C20H31ClN2OS. The molecule has 2 aliphatic heterocycles. The highest BCUT2D eigenvalue weighted by atomic mass is 35.5. The molecule has 0 aliphatic carbocycles. The number of morpholine rings is 1. The minimum absolute atomic E-state index is 0.366. The number of nitrogens with zero attached hydrogens (tertiary/aromatic N) is 2. The van der Waals surface area contributed by atoms with Crippen molar-refractivity contribution in [1.29, 1.82) is 0 Å². The Hall–Kier alpha value is -0.260. The normalized spacial score (nSPS) is 28.5. The molecule has 1 aromatic carbocycles. The molecule has 2 saturated heterocycles. The summed E-state index contributed by atoms with van der Waals surface area (Å²) in [4.78, 5) is 6.52. The van der Waals surface area contributed by atoms with Crippen LogP contribution >= 0.6 is 23.4 Å². The van der Waals surface area contributed by atoms with Gasteiger partial charge in [0.1, 0.15) is 0 Å². The third kappa shape index (κ3) is 5.86. The van der Waals surface area contributed by atoms with Gasteiger partial charge in [-0.3, -0.25) is 9.80 Å². The van der Waals surface area contributed by atoms with Gasteiger partial charge in [-0.1, -0.05) is 23.7 Å². The molecule has 25 heavy (non-hydrogen) atoms. The molecule has 3 rings (SSSR count). The van der Waals surface area contributed by atoms with Crippen molar-refractivity contribution in [3.8, 4) is 0 Å². The van der Waals surface area contributed by atoms with Crippen LogP contribution in [0.15, 0.2) is 29.2 Å². The first-order chi connectivity index (χ1) is 12.1. The second-order valence-electron chi connectivity index (χ2n) is 7.44. The Morgan fingerprint density at radius 3 is 2.72 bits per heavy atom. The molecule has 1 aromatic rings. The number of thioether (sulfide) groups is 1. The summed E-state index contributed by atoms with van der Waals surface area (Å²) in [6.07, 6.45) is 4.65. The van der Waals surface area contributed by atoms with Crippen LogP contribution in [0.5, 0.6) is 0 Å². The Morgan fingerprint density at radius 2 is 1.96 bits per heavy atom. The second kappa shape index (κ2) is 9.61. The third-order valence-corrected chi connectivity index (χ3v) is 6.75. The Balaban J connectivity index is 1.40. The summed E-state index contributed by atoms with van der Waals surface area (Å²) in [5.41, 5.74) is 0. The lowest BCUT2D eigenvalue weighted by Gasteiger charge is -2.38. The number of hydrogen-bond donors (Lipinski definition) is 0. The first kappa shape index (κ1) is 19.5. The van der Waals surface area contributed by atoms with Gasteiger partial charge in [0.05, 0.1) is 17.2 Å². The molecule has 0 radical (unpaired) electrons. The van der Waals surface area contributed by atoms with E-state index >= 15 is 0 Å². The molecule has 3 nitrogen and oxygen atoms in total. The molecule has 2 fully saturated rings. The predicted octanol–water partition coefficient (Wildman–Crippen LogP) is 4.40. The highest BCUT2D eigenvalue weighted by Gasteiger charge is 2.29. The van der Waals surface area contributed by atoms with E-state index in [0.29, 0.717) is 12.2 Å². The Labute approximate surface area is 162 Å². The summed E-state index contributed by atoms with van der Waals surface area (Å²) in [5, 5.41) is 0.877. The zero-order valence-corrected chi connectivity index (χ0v) is 17.1. The van der Waals surface area contributed by atoms with Gasteiger partial charge in [-0.15, -0.1) is 11.8 Å². The number of ether oxygens (including phenoxy) is 1. The molecule has 0 spiro atoms. The quantitative estimate of drug-likeness (QED) is 0.513. The standard InChI is InChI=1S/C20H31ClN2OS/c1-16-13-22(14-17(2)24-16)15-18-7-5-10-23(18)11-6-12-25-20-9-4-3-8-19(20)21/h3-4,8-9,16-18H,5-7,10-15H2,1-2H3/t16-,17-,18-/m1/s1. The molecule has 0 saturated carbocycles. The van der Waals surface area contributed by atoms with E-state index in [-0.39, 0.29) is 0 Å². The van der Waals surface area contributed by atoms with Gasteiger partial charge in [0.15, 0.2) is 0 Å². The van der Waals surface area contributed by atoms with Crippen LogP contribution in [0.25, 0.3) is 0 Å². The first-order valence-corrected chi connectivity index (χ1v) is 11.0. The lowest BCUT2D eigenvalue weighted by molar-refractivity contribution is -0.0722. The van der Waals surface area contributed by atoms with Crippen molar-refractivity contribution in [3.63, 3.8) is 0 Å². The molecule has 0 aromatic heterocycles. The molecule has 0 N–H and O–H groups in total. The van der Waals surface area contributed by atoms with Crippen molar-refractivity contribution >= 4 is 23.4 Å². The minimum atomic E-state index is 0.366. The van der Waals surface area contributed by atoms with Crippen molar-refractivity contribution < 1.29 is 4.74 Å². The molecule has 0 amide bonds. The summed E-state index contributed by atoms with van der Waals surface area (Å²) in [6.45, 7) is 10.2. The van der Waals surface area contributed by atoms with Crippen LogP contribution in [-0.4, -0.2) is 66.5 Å². The van der Waals surface area contributed by atoms with Gasteiger partial charge in [-0.05, 0) is 64.1 Å². The van der Waals surface area contributed by atoms with Gasteiger partial charge >= 0.3 is 0 Å². The smallest absolute Gasteiger partial charge is 0.0678 e. The fourth-order valence-corrected chi connectivity index (χ4v) is 5.31. The maximum Gasteiger partial charge on any atom is 0.0678 e. The van der Waals surface area contributed by atoms with Crippen LogP contribution in [0.1, 0.15) is 33.1 Å². The second-order valence-corrected chi connectivity index (χ2v) is 8.98. The molecule has 2 heterocycles. The highest BCUT2D eigenvalue weighted by molar-refractivity contribution is 7.99. The van der Waals surface area contributed by atoms with E-state index in [2.05, 4.69) is 35.8 Å². The molecule has 0 bridgehead atoms. The number of likely N-dealkylation sites (tertiary alicyclic amines) is 1. The monoisotopic (exact) mass is 382 g/mol. The molecular weight excluding hydrogens is 352 g/mol. The van der Waals surface area contributed by atoms with Crippen molar-refractivity contribution in [3.05, 3.63) is 29.3 Å². The minimum Gasteiger partial charge on any atom is -0.373 e. The van der Waals surface area contributed by atoms with Crippen LogP contribution in [0.3, 0.4) is 0 Å². The summed E-state index contributed by atoms with van der Waals surface area (Å²) >= 11 is 8.12. The van der Waals surface area contributed by atoms with E-state index in [1.165, 1.54) is 43.8 Å². The molecule has 2 aliphatic rings. The number of hydrogen-bond acceptors (Lipinski definition) is 4. The molecule has 3 atom stereocenters. The van der Waals surface area contributed by atoms with Crippen LogP contribution in [0.4, 0.5) is 0 Å². The van der Waals surface area contributed by atoms with E-state index in [4.69, 9.17) is 16.3 Å². The summed E-state index contributed by atoms with van der Waals surface area (Å²) in [6, 6.07) is 8.88. The van der Waals surface area contributed by atoms with E-state index in [9.17, 15) is 0 Å². The summed E-state index contributed by atoms with van der Waals surface area (Å²) in [7, 11) is 0. The van der Waals surface area contributed by atoms with Crippen LogP contribution in [0, 0.1) is 0 Å². The average Bonchev–Trinajstić information content (AvgIpc) is 2.99. The Bertz CT molecular complexity index is 534. The summed E-state index contributed by atoms with van der Waals surface area (Å²) < 4.78 is 5.87. The van der Waals surface area contributed by atoms with E-state index < -0.39 is 0 Å². The van der Waals surface area contributed by atoms with Crippen LogP contribution in [-0.2, 0) is 4.74 Å². The van der Waals surface area contributed by atoms with Gasteiger partial charge in [-0.25, -0.2) is 0 Å². The van der Waals surface area contributed by atoms with Crippen molar-refractivity contribution in [1.82, 2.24) is 9.80 Å². The third-order valence-electron chi connectivity index (χ3n) is 5.15. The van der Waals surface area contributed by atoms with Crippen molar-refractivity contribution in [2.45, 2.75) is 56.3 Å².